The number of amides is 1. The number of carbonyl (C=O) groups excluding carboxylic acids is 1. The fourth-order valence-electron chi connectivity index (χ4n) is 3.04. The minimum absolute atomic E-state index is 0.128. The molecule has 0 radical (unpaired) electrons. The number of carboxylic acid groups (broad SMARTS) is 1. The molecule has 4 nitrogen and oxygen atoms in total. The summed E-state index contributed by atoms with van der Waals surface area (Å²) in [5, 5.41) is 12.2. The van der Waals surface area contributed by atoms with Gasteiger partial charge in [0.05, 0.1) is 0 Å². The lowest BCUT2D eigenvalue weighted by Gasteiger charge is -2.31. The lowest BCUT2D eigenvalue weighted by molar-refractivity contribution is -0.148. The average Bonchev–Trinajstić information content (AvgIpc) is 2.51. The molecule has 4 heteroatoms. The van der Waals surface area contributed by atoms with Crippen LogP contribution in [0.3, 0.4) is 0 Å². The molecule has 114 valence electrons. The van der Waals surface area contributed by atoms with E-state index in [9.17, 15) is 14.7 Å². The van der Waals surface area contributed by atoms with E-state index in [1.165, 1.54) is 11.1 Å². The van der Waals surface area contributed by atoms with Gasteiger partial charge in [0.25, 0.3) is 0 Å². The summed E-state index contributed by atoms with van der Waals surface area (Å²) in [6, 6.07) is 8.16. The van der Waals surface area contributed by atoms with Gasteiger partial charge in [-0.2, -0.15) is 0 Å². The van der Waals surface area contributed by atoms with E-state index in [0.717, 1.165) is 12.8 Å². The molecule has 0 aromatic heterocycles. The van der Waals surface area contributed by atoms with E-state index in [1.54, 1.807) is 13.8 Å². The highest BCUT2D eigenvalue weighted by Gasteiger charge is 2.38. The Labute approximate surface area is 125 Å². The van der Waals surface area contributed by atoms with Crippen LogP contribution >= 0.6 is 0 Å². The predicted octanol–water partition coefficient (Wildman–Crippen LogP) is 2.55. The van der Waals surface area contributed by atoms with Gasteiger partial charge in [-0.25, -0.2) is 4.79 Å². The summed E-state index contributed by atoms with van der Waals surface area (Å²) in [6.07, 6.45) is 3.16. The van der Waals surface area contributed by atoms with Gasteiger partial charge in [0.15, 0.2) is 0 Å². The van der Waals surface area contributed by atoms with E-state index < -0.39 is 11.5 Å². The van der Waals surface area contributed by atoms with E-state index in [0.29, 0.717) is 19.3 Å². The summed E-state index contributed by atoms with van der Waals surface area (Å²) in [4.78, 5) is 24.0. The molecule has 1 aliphatic rings. The molecule has 1 unspecified atom stereocenters. The van der Waals surface area contributed by atoms with Gasteiger partial charge < -0.3 is 10.4 Å². The van der Waals surface area contributed by atoms with Crippen LogP contribution in [0.5, 0.6) is 0 Å². The molecule has 0 saturated carbocycles. The second kappa shape index (κ2) is 6.29. The summed E-state index contributed by atoms with van der Waals surface area (Å²) in [7, 11) is 0. The molecular formula is C17H23NO3. The zero-order valence-corrected chi connectivity index (χ0v) is 12.7. The Morgan fingerprint density at radius 2 is 1.86 bits per heavy atom. The van der Waals surface area contributed by atoms with Crippen molar-refractivity contribution in [2.75, 3.05) is 0 Å². The van der Waals surface area contributed by atoms with Crippen molar-refractivity contribution in [2.45, 2.75) is 51.5 Å². The average molecular weight is 289 g/mol. The summed E-state index contributed by atoms with van der Waals surface area (Å²) < 4.78 is 0. The Kier molecular flexibility index (Phi) is 4.66. The van der Waals surface area contributed by atoms with Crippen LogP contribution < -0.4 is 5.32 Å². The Morgan fingerprint density at radius 1 is 1.24 bits per heavy atom. The molecule has 0 spiro atoms. The van der Waals surface area contributed by atoms with Crippen LogP contribution in [0, 0.1) is 5.92 Å². The third-order valence-electron chi connectivity index (χ3n) is 4.70. The fourth-order valence-corrected chi connectivity index (χ4v) is 3.04. The lowest BCUT2D eigenvalue weighted by Crippen LogP contribution is -2.55. The third kappa shape index (κ3) is 3.09. The van der Waals surface area contributed by atoms with Crippen molar-refractivity contribution in [1.82, 2.24) is 5.32 Å². The van der Waals surface area contributed by atoms with Crippen LogP contribution in [0.4, 0.5) is 0 Å². The Bertz CT molecular complexity index is 535. The van der Waals surface area contributed by atoms with E-state index >= 15 is 0 Å². The monoisotopic (exact) mass is 289 g/mol. The molecule has 0 saturated heterocycles. The van der Waals surface area contributed by atoms with E-state index in [-0.39, 0.29) is 11.8 Å². The number of fused-ring (bicyclic) bond motifs is 1. The van der Waals surface area contributed by atoms with Crippen molar-refractivity contribution in [3.63, 3.8) is 0 Å². The van der Waals surface area contributed by atoms with Gasteiger partial charge in [-0.1, -0.05) is 38.1 Å². The van der Waals surface area contributed by atoms with Crippen LogP contribution in [0.2, 0.25) is 0 Å². The molecule has 0 bridgehead atoms. The van der Waals surface area contributed by atoms with Crippen molar-refractivity contribution in [2.24, 2.45) is 5.92 Å². The summed E-state index contributed by atoms with van der Waals surface area (Å²) in [5.41, 5.74) is 1.38. The van der Waals surface area contributed by atoms with Crippen LogP contribution in [0.1, 0.15) is 44.2 Å². The van der Waals surface area contributed by atoms with E-state index in [1.807, 2.05) is 12.1 Å². The van der Waals surface area contributed by atoms with Crippen molar-refractivity contribution < 1.29 is 14.7 Å². The molecule has 0 aliphatic heterocycles. The normalized spacial score (nSPS) is 17.9. The first-order valence-electron chi connectivity index (χ1n) is 7.64. The van der Waals surface area contributed by atoms with Crippen molar-refractivity contribution in [3.8, 4) is 0 Å². The van der Waals surface area contributed by atoms with Crippen molar-refractivity contribution in [3.05, 3.63) is 35.4 Å². The van der Waals surface area contributed by atoms with Crippen molar-refractivity contribution >= 4 is 11.9 Å². The number of aliphatic carboxylic acids is 1. The largest absolute Gasteiger partial charge is 0.480 e. The zero-order valence-electron chi connectivity index (χ0n) is 12.7. The van der Waals surface area contributed by atoms with Gasteiger partial charge >= 0.3 is 5.97 Å². The van der Waals surface area contributed by atoms with Crippen LogP contribution in [0.15, 0.2) is 24.3 Å². The number of hydrogen-bond donors (Lipinski definition) is 2. The molecule has 1 aliphatic carbocycles. The van der Waals surface area contributed by atoms with Gasteiger partial charge in [-0.15, -0.1) is 0 Å². The standard InChI is InChI=1S/C17H23NO3/c1-3-17(4-2,16(20)21)18-15(19)14-10-9-12-7-5-6-8-13(12)11-14/h5-8,14H,3-4,9-11H2,1-2H3,(H,18,19)(H,20,21). The maximum atomic E-state index is 12.5. The minimum Gasteiger partial charge on any atom is -0.480 e. The second-order valence-electron chi connectivity index (χ2n) is 5.79. The molecule has 1 atom stereocenters. The smallest absolute Gasteiger partial charge is 0.329 e. The quantitative estimate of drug-likeness (QED) is 0.875. The Balaban J connectivity index is 2.10. The number of rotatable bonds is 5. The zero-order chi connectivity index (χ0) is 15.5. The van der Waals surface area contributed by atoms with E-state index in [2.05, 4.69) is 17.4 Å². The highest BCUT2D eigenvalue weighted by molar-refractivity contribution is 5.88. The Morgan fingerprint density at radius 3 is 2.43 bits per heavy atom. The molecule has 21 heavy (non-hydrogen) atoms. The summed E-state index contributed by atoms with van der Waals surface area (Å²) in [6.45, 7) is 3.60. The first-order chi connectivity index (χ1) is 10.0. The topological polar surface area (TPSA) is 66.4 Å². The SMILES string of the molecule is CCC(CC)(NC(=O)C1CCc2ccccc2C1)C(=O)O. The van der Waals surface area contributed by atoms with Crippen LogP contribution in [0.25, 0.3) is 0 Å². The maximum Gasteiger partial charge on any atom is 0.329 e. The first kappa shape index (κ1) is 15.5. The molecule has 2 rings (SSSR count). The minimum atomic E-state index is -1.13. The molecule has 0 fully saturated rings. The lowest BCUT2D eigenvalue weighted by atomic mass is 9.82. The number of hydrogen-bond acceptors (Lipinski definition) is 2. The number of carboxylic acids is 1. The third-order valence-corrected chi connectivity index (χ3v) is 4.70. The fraction of sp³-hybridized carbons (Fsp3) is 0.529. The number of benzene rings is 1. The second-order valence-corrected chi connectivity index (χ2v) is 5.79. The maximum absolute atomic E-state index is 12.5. The molecule has 2 N–H and O–H groups in total. The van der Waals surface area contributed by atoms with Gasteiger partial charge in [0.2, 0.25) is 5.91 Å². The number of aryl methyl sites for hydroxylation is 1. The van der Waals surface area contributed by atoms with Gasteiger partial charge in [-0.3, -0.25) is 4.79 Å². The molecule has 1 aromatic rings. The molecule has 1 aromatic carbocycles. The highest BCUT2D eigenvalue weighted by atomic mass is 16.4. The molecule has 0 heterocycles. The van der Waals surface area contributed by atoms with Crippen molar-refractivity contribution in [1.29, 1.82) is 0 Å². The van der Waals surface area contributed by atoms with Gasteiger partial charge in [0.1, 0.15) is 5.54 Å². The highest BCUT2D eigenvalue weighted by Crippen LogP contribution is 2.26. The number of carbonyl (C=O) groups is 2. The molecular weight excluding hydrogens is 266 g/mol. The Hall–Kier alpha value is -1.84. The first-order valence-corrected chi connectivity index (χ1v) is 7.64. The summed E-state index contributed by atoms with van der Waals surface area (Å²) >= 11 is 0. The van der Waals surface area contributed by atoms with Gasteiger partial charge in [-0.05, 0) is 43.2 Å². The summed E-state index contributed by atoms with van der Waals surface area (Å²) in [5.74, 6) is -1.20. The predicted molar refractivity (Wildman–Crippen MR) is 81.0 cm³/mol. The molecule has 1 amide bonds. The number of nitrogens with one attached hydrogen (secondary N) is 1. The van der Waals surface area contributed by atoms with E-state index in [4.69, 9.17) is 0 Å². The van der Waals surface area contributed by atoms with Gasteiger partial charge in [0, 0.05) is 5.92 Å². The van der Waals surface area contributed by atoms with Crippen LogP contribution in [-0.4, -0.2) is 22.5 Å². The van der Waals surface area contributed by atoms with Crippen LogP contribution in [-0.2, 0) is 22.4 Å².